The van der Waals surface area contributed by atoms with E-state index in [0.717, 1.165) is 44.9 Å². The van der Waals surface area contributed by atoms with Gasteiger partial charge >= 0.3 is 5.97 Å². The van der Waals surface area contributed by atoms with E-state index in [1.165, 1.54) is 6.92 Å². The Bertz CT molecular complexity index is 750. The number of esters is 1. The first-order valence-corrected chi connectivity index (χ1v) is 11.7. The van der Waals surface area contributed by atoms with Crippen LogP contribution in [0.2, 0.25) is 0 Å². The van der Waals surface area contributed by atoms with E-state index in [1.54, 1.807) is 0 Å². The maximum atomic E-state index is 12.9. The molecule has 5 nitrogen and oxygen atoms in total. The molecule has 5 fully saturated rings. The molecule has 1 spiro atoms. The second kappa shape index (κ2) is 6.06. The number of hydrogen-bond acceptors (Lipinski definition) is 5. The van der Waals surface area contributed by atoms with Gasteiger partial charge in [0.25, 0.3) is 0 Å². The van der Waals surface area contributed by atoms with E-state index >= 15 is 0 Å². The van der Waals surface area contributed by atoms with Crippen LogP contribution < -0.4 is 0 Å². The Morgan fingerprint density at radius 2 is 1.97 bits per heavy atom. The van der Waals surface area contributed by atoms with Gasteiger partial charge in [0.05, 0.1) is 6.10 Å². The first kappa shape index (κ1) is 20.0. The molecule has 5 rings (SSSR count). The zero-order valence-corrected chi connectivity index (χ0v) is 18.3. The number of ketones is 1. The monoisotopic (exact) mass is 404 g/mol. The summed E-state index contributed by atoms with van der Waals surface area (Å²) in [7, 11) is 0. The smallest absolute Gasteiger partial charge is 0.302 e. The van der Waals surface area contributed by atoms with Crippen molar-refractivity contribution in [1.82, 2.24) is 0 Å². The highest BCUT2D eigenvalue weighted by Gasteiger charge is 2.84. The molecule has 1 heterocycles. The van der Waals surface area contributed by atoms with Crippen LogP contribution in [0.4, 0.5) is 0 Å². The van der Waals surface area contributed by atoms with Gasteiger partial charge in [-0.1, -0.05) is 27.2 Å². The maximum Gasteiger partial charge on any atom is 0.302 e. The summed E-state index contributed by atoms with van der Waals surface area (Å²) >= 11 is 0. The molecule has 162 valence electrons. The van der Waals surface area contributed by atoms with Gasteiger partial charge in [0.15, 0.2) is 11.4 Å². The van der Waals surface area contributed by atoms with Crippen LogP contribution in [-0.4, -0.2) is 40.3 Å². The summed E-state index contributed by atoms with van der Waals surface area (Å²) in [4.78, 5) is 24.6. The fourth-order valence-corrected chi connectivity index (χ4v) is 8.86. The van der Waals surface area contributed by atoms with Gasteiger partial charge in [0.1, 0.15) is 11.7 Å². The highest BCUT2D eigenvalue weighted by molar-refractivity contribution is 5.91. The van der Waals surface area contributed by atoms with Crippen LogP contribution in [0.15, 0.2) is 0 Å². The summed E-state index contributed by atoms with van der Waals surface area (Å²) in [5.41, 5.74) is -2.10. The van der Waals surface area contributed by atoms with Gasteiger partial charge in [0, 0.05) is 24.2 Å². The standard InChI is InChI=1S/C24H36O5/c1-5-10-23(27)18(26)9-12-22(4)17-8-11-21(3)16(6-7-19(21)28-14(2)25)15(17)13-20-24(22,23)29-20/h15-17,19-20,27H,5-13H2,1-4H3/t15-,16-,17-,19-,20?,21-,22+,23?,24?/m0/s1. The quantitative estimate of drug-likeness (QED) is 0.572. The first-order chi connectivity index (χ1) is 13.6. The van der Waals surface area contributed by atoms with Gasteiger partial charge in [0.2, 0.25) is 0 Å². The van der Waals surface area contributed by atoms with Crippen molar-refractivity contribution in [3.8, 4) is 0 Å². The predicted octanol–water partition coefficient (Wildman–Crippen LogP) is 3.80. The van der Waals surface area contributed by atoms with Crippen molar-refractivity contribution in [2.24, 2.45) is 28.6 Å². The lowest BCUT2D eigenvalue weighted by molar-refractivity contribution is -0.190. The molecule has 0 aromatic rings. The Morgan fingerprint density at radius 1 is 1.21 bits per heavy atom. The van der Waals surface area contributed by atoms with E-state index in [9.17, 15) is 14.7 Å². The number of carbonyl (C=O) groups is 2. The topological polar surface area (TPSA) is 76.1 Å². The van der Waals surface area contributed by atoms with Crippen LogP contribution in [0, 0.1) is 28.6 Å². The molecule has 1 aliphatic heterocycles. The van der Waals surface area contributed by atoms with Crippen LogP contribution in [-0.2, 0) is 19.1 Å². The second-order valence-electron chi connectivity index (χ2n) is 11.1. The molecule has 0 aromatic carbocycles. The van der Waals surface area contributed by atoms with Crippen LogP contribution in [0.1, 0.15) is 85.5 Å². The van der Waals surface area contributed by atoms with Crippen LogP contribution >= 0.6 is 0 Å². The summed E-state index contributed by atoms with van der Waals surface area (Å²) in [6.07, 6.45) is 7.71. The Hall–Kier alpha value is -0.940. The third-order valence-corrected chi connectivity index (χ3v) is 10.1. The minimum Gasteiger partial charge on any atom is -0.462 e. The molecule has 0 amide bonds. The molecule has 3 unspecified atom stereocenters. The fraction of sp³-hybridized carbons (Fsp3) is 0.917. The van der Waals surface area contributed by atoms with Crippen molar-refractivity contribution >= 4 is 11.8 Å². The van der Waals surface area contributed by atoms with E-state index in [1.807, 2.05) is 6.92 Å². The molecular weight excluding hydrogens is 368 g/mol. The predicted molar refractivity (Wildman–Crippen MR) is 107 cm³/mol. The SMILES string of the molecule is CCCC1(O)C(=O)CC[C@]2(C)[C@H]3CC[C@]4(C)[C@@H](OC(C)=O)CC[C@H]4[C@@H]3CC3OC312. The average molecular weight is 405 g/mol. The van der Waals surface area contributed by atoms with Crippen LogP contribution in [0.25, 0.3) is 0 Å². The van der Waals surface area contributed by atoms with Crippen LogP contribution in [0.3, 0.4) is 0 Å². The van der Waals surface area contributed by atoms with Gasteiger partial charge in [-0.2, -0.15) is 0 Å². The number of aliphatic hydroxyl groups is 1. The molecule has 0 radical (unpaired) electrons. The number of fused-ring (bicyclic) bond motifs is 4. The molecule has 4 aliphatic carbocycles. The van der Waals surface area contributed by atoms with E-state index in [-0.39, 0.29) is 34.8 Å². The van der Waals surface area contributed by atoms with Crippen molar-refractivity contribution in [1.29, 1.82) is 0 Å². The molecule has 4 saturated carbocycles. The van der Waals surface area contributed by atoms with E-state index in [4.69, 9.17) is 9.47 Å². The molecule has 5 heteroatoms. The second-order valence-corrected chi connectivity index (χ2v) is 11.1. The molecule has 0 bridgehead atoms. The maximum absolute atomic E-state index is 12.9. The van der Waals surface area contributed by atoms with Crippen molar-refractivity contribution in [2.75, 3.05) is 0 Å². The van der Waals surface area contributed by atoms with E-state index in [2.05, 4.69) is 13.8 Å². The van der Waals surface area contributed by atoms with Gasteiger partial charge < -0.3 is 14.6 Å². The number of carbonyl (C=O) groups excluding carboxylic acids is 2. The van der Waals surface area contributed by atoms with Crippen molar-refractivity contribution in [3.05, 3.63) is 0 Å². The minimum atomic E-state index is -1.32. The molecule has 0 aromatic heterocycles. The third kappa shape index (κ3) is 2.24. The normalized spacial score (nSPS) is 55.3. The lowest BCUT2D eigenvalue weighted by Crippen LogP contribution is -2.69. The number of ether oxygens (including phenoxy) is 2. The first-order valence-electron chi connectivity index (χ1n) is 11.7. The summed E-state index contributed by atoms with van der Waals surface area (Å²) in [5, 5.41) is 11.6. The lowest BCUT2D eigenvalue weighted by atomic mass is 9.42. The van der Waals surface area contributed by atoms with E-state index in [0.29, 0.717) is 30.6 Å². The molecule has 1 saturated heterocycles. The van der Waals surface area contributed by atoms with Crippen molar-refractivity contribution < 1.29 is 24.2 Å². The Labute approximate surface area is 173 Å². The molecular formula is C24H36O5. The molecule has 5 aliphatic rings. The highest BCUT2D eigenvalue weighted by atomic mass is 16.6. The van der Waals surface area contributed by atoms with Gasteiger partial charge in [-0.3, -0.25) is 9.59 Å². The minimum absolute atomic E-state index is 0.00536. The zero-order chi connectivity index (χ0) is 20.8. The summed E-state index contributed by atoms with van der Waals surface area (Å²) < 4.78 is 12.2. The van der Waals surface area contributed by atoms with Crippen molar-refractivity contribution in [2.45, 2.75) is 109 Å². The molecule has 29 heavy (non-hydrogen) atoms. The third-order valence-electron chi connectivity index (χ3n) is 10.1. The van der Waals surface area contributed by atoms with Crippen LogP contribution in [0.5, 0.6) is 0 Å². The zero-order valence-electron chi connectivity index (χ0n) is 18.3. The number of epoxide rings is 1. The summed E-state index contributed by atoms with van der Waals surface area (Å²) in [5.74, 6) is 1.34. The van der Waals surface area contributed by atoms with Gasteiger partial charge in [-0.05, 0) is 62.7 Å². The summed E-state index contributed by atoms with van der Waals surface area (Å²) in [6, 6.07) is 0. The van der Waals surface area contributed by atoms with Gasteiger partial charge in [-0.25, -0.2) is 0 Å². The Balaban J connectivity index is 1.49. The van der Waals surface area contributed by atoms with E-state index < -0.39 is 11.2 Å². The molecule has 9 atom stereocenters. The number of hydrogen-bond donors (Lipinski definition) is 1. The number of Topliss-reactive ketones (excluding diaryl/α,β-unsaturated/α-hetero) is 1. The Kier molecular flexibility index (Phi) is 4.18. The summed E-state index contributed by atoms with van der Waals surface area (Å²) in [6.45, 7) is 8.18. The molecule has 1 N–H and O–H groups in total. The van der Waals surface area contributed by atoms with Gasteiger partial charge in [-0.15, -0.1) is 0 Å². The number of rotatable bonds is 3. The highest BCUT2D eigenvalue weighted by Crippen LogP contribution is 2.75. The van der Waals surface area contributed by atoms with Crippen molar-refractivity contribution in [3.63, 3.8) is 0 Å². The largest absolute Gasteiger partial charge is 0.462 e. The average Bonchev–Trinajstić information content (AvgIpc) is 3.31. The lowest BCUT2D eigenvalue weighted by Gasteiger charge is -2.61. The fourth-order valence-electron chi connectivity index (χ4n) is 8.86. The Morgan fingerprint density at radius 3 is 2.66 bits per heavy atom.